The molecule has 0 saturated carbocycles. The van der Waals surface area contributed by atoms with Gasteiger partial charge in [0.1, 0.15) is 22.0 Å². The normalized spacial score (nSPS) is 14.2. The van der Waals surface area contributed by atoms with Gasteiger partial charge in [-0.2, -0.15) is 4.98 Å². The zero-order chi connectivity index (χ0) is 29.1. The minimum atomic E-state index is -3.63. The van der Waals surface area contributed by atoms with Crippen molar-refractivity contribution in [2.45, 2.75) is 25.9 Å². The molecule has 14 heteroatoms. The van der Waals surface area contributed by atoms with E-state index in [1.165, 1.54) is 23.7 Å². The Hall–Kier alpha value is -3.94. The number of rotatable bonds is 9. The van der Waals surface area contributed by atoms with Crippen LogP contribution in [0.4, 0.5) is 34.5 Å². The third-order valence-corrected chi connectivity index (χ3v) is 8.99. The van der Waals surface area contributed by atoms with Crippen LogP contribution in [0.2, 0.25) is 5.02 Å². The lowest BCUT2D eigenvalue weighted by Gasteiger charge is -2.32. The van der Waals surface area contributed by atoms with Crippen LogP contribution < -0.4 is 24.6 Å². The molecule has 0 unspecified atom stereocenters. The molecule has 1 aliphatic heterocycles. The minimum absolute atomic E-state index is 0.0964. The molecular formula is C27H31ClN8O4S. The van der Waals surface area contributed by atoms with Gasteiger partial charge >= 0.3 is 0 Å². The van der Waals surface area contributed by atoms with Crippen molar-refractivity contribution in [3.63, 3.8) is 0 Å². The predicted molar refractivity (Wildman–Crippen MR) is 161 cm³/mol. The molecule has 3 N–H and O–H groups in total. The molecule has 1 fully saturated rings. The van der Waals surface area contributed by atoms with Crippen molar-refractivity contribution in [3.8, 4) is 5.75 Å². The van der Waals surface area contributed by atoms with Crippen LogP contribution in [0.3, 0.4) is 0 Å². The lowest BCUT2D eigenvalue weighted by molar-refractivity contribution is 0.145. The van der Waals surface area contributed by atoms with E-state index in [0.29, 0.717) is 46.7 Å². The number of hydrogen-bond acceptors (Lipinski definition) is 11. The quantitative estimate of drug-likeness (QED) is 0.253. The summed E-state index contributed by atoms with van der Waals surface area (Å²) in [5.74, 6) is 1.01. The summed E-state index contributed by atoms with van der Waals surface area (Å²) in [7, 11) is -0.567. The average molecular weight is 599 g/mol. The Kier molecular flexibility index (Phi) is 8.29. The molecular weight excluding hydrogens is 568 g/mol. The summed E-state index contributed by atoms with van der Waals surface area (Å²) in [4.78, 5) is 19.8. The van der Waals surface area contributed by atoms with E-state index < -0.39 is 10.0 Å². The van der Waals surface area contributed by atoms with Crippen molar-refractivity contribution in [2.75, 3.05) is 52.8 Å². The summed E-state index contributed by atoms with van der Waals surface area (Å²) < 4.78 is 32.5. The molecule has 3 heterocycles. The SMILES string of the molecule is CCS(=O)(=O)N(C)c1c(Nc2nc(Nc3cc(N4CCC(O)CC4)ccc3OC)ncc2Cl)ccc2nccnc12. The number of ether oxygens (including phenoxy) is 1. The van der Waals surface area contributed by atoms with E-state index >= 15 is 0 Å². The van der Waals surface area contributed by atoms with E-state index in [4.69, 9.17) is 16.3 Å². The van der Waals surface area contributed by atoms with Crippen LogP contribution >= 0.6 is 11.6 Å². The molecule has 0 aliphatic carbocycles. The van der Waals surface area contributed by atoms with Gasteiger partial charge in [-0.25, -0.2) is 13.4 Å². The molecule has 12 nitrogen and oxygen atoms in total. The number of anilines is 6. The Morgan fingerprint density at radius 2 is 1.85 bits per heavy atom. The molecule has 4 aromatic rings. The highest BCUT2D eigenvalue weighted by Crippen LogP contribution is 2.37. The Balaban J connectivity index is 1.48. The highest BCUT2D eigenvalue weighted by atomic mass is 35.5. The van der Waals surface area contributed by atoms with Gasteiger partial charge in [-0.1, -0.05) is 11.6 Å². The lowest BCUT2D eigenvalue weighted by Crippen LogP contribution is -2.35. The standard InChI is InChI=1S/C27H31ClN8O4S/c1-4-41(38,39)35(2)25-21(7-6-20-24(25)30-12-11-29-20)32-26-19(28)16-31-27(34-26)33-22-15-17(5-8-23(22)40-3)36-13-9-18(37)10-14-36/h5-8,11-12,15-16,18,37H,4,9-10,13-14H2,1-3H3,(H2,31,32,33,34). The number of benzene rings is 2. The molecule has 1 aliphatic rings. The summed E-state index contributed by atoms with van der Waals surface area (Å²) in [6, 6.07) is 9.24. The van der Waals surface area contributed by atoms with E-state index in [1.807, 2.05) is 18.2 Å². The van der Waals surface area contributed by atoms with E-state index in [-0.39, 0.29) is 28.6 Å². The summed E-state index contributed by atoms with van der Waals surface area (Å²) in [6.07, 6.45) is 5.66. The third kappa shape index (κ3) is 6.06. The molecule has 0 radical (unpaired) electrons. The van der Waals surface area contributed by atoms with Gasteiger partial charge in [0.05, 0.1) is 42.1 Å². The fraction of sp³-hybridized carbons (Fsp3) is 0.333. The van der Waals surface area contributed by atoms with Crippen molar-refractivity contribution < 1.29 is 18.3 Å². The smallest absolute Gasteiger partial charge is 0.234 e. The molecule has 2 aromatic carbocycles. The van der Waals surface area contributed by atoms with Gasteiger partial charge < -0.3 is 25.4 Å². The number of nitrogens with one attached hydrogen (secondary N) is 2. The Morgan fingerprint density at radius 3 is 2.59 bits per heavy atom. The van der Waals surface area contributed by atoms with Crippen LogP contribution in [0, 0.1) is 0 Å². The first kappa shape index (κ1) is 28.6. The zero-order valence-electron chi connectivity index (χ0n) is 22.9. The minimum Gasteiger partial charge on any atom is -0.495 e. The Morgan fingerprint density at radius 1 is 1.10 bits per heavy atom. The number of aliphatic hydroxyl groups excluding tert-OH is 1. The van der Waals surface area contributed by atoms with Crippen LogP contribution in [0.25, 0.3) is 11.0 Å². The molecule has 216 valence electrons. The highest BCUT2D eigenvalue weighted by Gasteiger charge is 2.24. The van der Waals surface area contributed by atoms with Crippen LogP contribution in [0.15, 0.2) is 48.9 Å². The van der Waals surface area contributed by atoms with Crippen LogP contribution in [-0.4, -0.2) is 72.6 Å². The van der Waals surface area contributed by atoms with E-state index in [9.17, 15) is 13.5 Å². The Labute approximate surface area is 243 Å². The molecule has 41 heavy (non-hydrogen) atoms. The number of fused-ring (bicyclic) bond motifs is 1. The molecule has 0 bridgehead atoms. The lowest BCUT2D eigenvalue weighted by atomic mass is 10.1. The number of aliphatic hydroxyl groups is 1. The topological polar surface area (TPSA) is 146 Å². The number of halogens is 1. The van der Waals surface area contributed by atoms with Crippen LogP contribution in [-0.2, 0) is 10.0 Å². The maximum Gasteiger partial charge on any atom is 0.234 e. The first-order valence-corrected chi connectivity index (χ1v) is 15.1. The number of methoxy groups -OCH3 is 1. The van der Waals surface area contributed by atoms with Gasteiger partial charge in [-0.05, 0) is 50.1 Å². The van der Waals surface area contributed by atoms with E-state index in [0.717, 1.165) is 18.8 Å². The van der Waals surface area contributed by atoms with Gasteiger partial charge in [-0.3, -0.25) is 14.3 Å². The average Bonchev–Trinajstić information content (AvgIpc) is 2.98. The van der Waals surface area contributed by atoms with Gasteiger partial charge in [0.15, 0.2) is 5.82 Å². The molecule has 0 atom stereocenters. The van der Waals surface area contributed by atoms with Crippen molar-refractivity contribution in [1.82, 2.24) is 19.9 Å². The first-order valence-electron chi connectivity index (χ1n) is 13.1. The number of hydrogen-bond donors (Lipinski definition) is 3. The van der Waals surface area contributed by atoms with Crippen molar-refractivity contribution in [1.29, 1.82) is 0 Å². The second-order valence-corrected chi connectivity index (χ2v) is 12.2. The van der Waals surface area contributed by atoms with Gasteiger partial charge in [0.25, 0.3) is 0 Å². The maximum atomic E-state index is 12.9. The molecule has 0 spiro atoms. The second-order valence-electron chi connectivity index (χ2n) is 9.50. The third-order valence-electron chi connectivity index (χ3n) is 6.97. The summed E-state index contributed by atoms with van der Waals surface area (Å²) >= 11 is 6.49. The predicted octanol–water partition coefficient (Wildman–Crippen LogP) is 4.32. The molecule has 1 saturated heterocycles. The first-order chi connectivity index (χ1) is 19.7. The molecule has 2 aromatic heterocycles. The Bertz CT molecular complexity index is 1660. The maximum absolute atomic E-state index is 12.9. The van der Waals surface area contributed by atoms with E-state index in [2.05, 4.69) is 35.5 Å². The molecule has 5 rings (SSSR count). The monoisotopic (exact) mass is 598 g/mol. The fourth-order valence-electron chi connectivity index (χ4n) is 4.65. The van der Waals surface area contributed by atoms with Crippen LogP contribution in [0.1, 0.15) is 19.8 Å². The van der Waals surface area contributed by atoms with Crippen molar-refractivity contribution in [2.24, 2.45) is 0 Å². The zero-order valence-corrected chi connectivity index (χ0v) is 24.4. The van der Waals surface area contributed by atoms with Crippen LogP contribution in [0.5, 0.6) is 5.75 Å². The van der Waals surface area contributed by atoms with Gasteiger partial charge in [0, 0.05) is 38.2 Å². The van der Waals surface area contributed by atoms with Crippen molar-refractivity contribution in [3.05, 3.63) is 53.9 Å². The summed E-state index contributed by atoms with van der Waals surface area (Å²) in [6.45, 7) is 3.07. The van der Waals surface area contributed by atoms with Gasteiger partial charge in [0.2, 0.25) is 16.0 Å². The van der Waals surface area contributed by atoms with Crippen molar-refractivity contribution >= 4 is 67.2 Å². The number of aromatic nitrogens is 4. The number of nitrogens with zero attached hydrogens (tertiary/aromatic N) is 6. The molecule has 0 amide bonds. The van der Waals surface area contributed by atoms with Gasteiger partial charge in [-0.15, -0.1) is 0 Å². The number of piperidine rings is 1. The van der Waals surface area contributed by atoms with E-state index in [1.54, 1.807) is 32.4 Å². The number of sulfonamides is 1. The summed E-state index contributed by atoms with van der Waals surface area (Å²) in [5, 5.41) is 16.5. The highest BCUT2D eigenvalue weighted by molar-refractivity contribution is 7.92. The second kappa shape index (κ2) is 11.9. The fourth-order valence-corrected chi connectivity index (χ4v) is 5.64. The largest absolute Gasteiger partial charge is 0.495 e. The summed E-state index contributed by atoms with van der Waals surface area (Å²) in [5.41, 5.74) is 3.33.